The van der Waals surface area contributed by atoms with E-state index < -0.39 is 21.0 Å². The molecule has 1 unspecified atom stereocenters. The molecule has 0 aromatic heterocycles. The van der Waals surface area contributed by atoms with Crippen LogP contribution in [0.4, 0.5) is 5.69 Å². The van der Waals surface area contributed by atoms with Gasteiger partial charge in [0.1, 0.15) is 0 Å². The summed E-state index contributed by atoms with van der Waals surface area (Å²) in [5, 5.41) is 10.5. The van der Waals surface area contributed by atoms with Crippen LogP contribution in [0.25, 0.3) is 0 Å². The monoisotopic (exact) mass is 296 g/mol. The summed E-state index contributed by atoms with van der Waals surface area (Å²) in [6.45, 7) is 1.91. The maximum absolute atomic E-state index is 11.9. The Morgan fingerprint density at radius 3 is 2.45 bits per heavy atom. The smallest absolute Gasteiger partial charge is 0.258 e. The number of benzene rings is 1. The molecule has 6 nitrogen and oxygen atoms in total. The minimum absolute atomic E-state index is 0.0772. The van der Waals surface area contributed by atoms with Gasteiger partial charge in [-0.05, 0) is 12.0 Å². The van der Waals surface area contributed by atoms with Crippen molar-refractivity contribution in [2.24, 2.45) is 0 Å². The molecule has 0 bridgehead atoms. The standard InChI is InChI=1S/C13H16N2O4S/c1-3-5-12(4-2)14-20(18,19)10-11-6-8-13(9-7-11)15(16)17/h2,6-9,12,14H,3,5,10H2,1H3. The van der Waals surface area contributed by atoms with Crippen molar-refractivity contribution in [3.63, 3.8) is 0 Å². The number of non-ortho nitro benzene ring substituents is 1. The van der Waals surface area contributed by atoms with Crippen LogP contribution in [0.1, 0.15) is 25.3 Å². The van der Waals surface area contributed by atoms with Gasteiger partial charge in [0.2, 0.25) is 10.0 Å². The zero-order chi connectivity index (χ0) is 15.2. The minimum atomic E-state index is -3.56. The van der Waals surface area contributed by atoms with E-state index in [0.717, 1.165) is 6.42 Å². The number of terminal acetylenes is 1. The predicted molar refractivity (Wildman–Crippen MR) is 76.4 cm³/mol. The molecule has 1 N–H and O–H groups in total. The van der Waals surface area contributed by atoms with Crippen LogP contribution >= 0.6 is 0 Å². The second-order valence-electron chi connectivity index (χ2n) is 4.31. The fraction of sp³-hybridized carbons (Fsp3) is 0.385. The van der Waals surface area contributed by atoms with E-state index in [1.54, 1.807) is 0 Å². The van der Waals surface area contributed by atoms with Crippen LogP contribution in [0.15, 0.2) is 24.3 Å². The average Bonchev–Trinajstić information content (AvgIpc) is 2.38. The van der Waals surface area contributed by atoms with E-state index >= 15 is 0 Å². The van der Waals surface area contributed by atoms with Crippen LogP contribution in [-0.2, 0) is 15.8 Å². The Labute approximate surface area is 118 Å². The molecule has 0 saturated carbocycles. The molecule has 0 spiro atoms. The third-order valence-electron chi connectivity index (χ3n) is 2.60. The van der Waals surface area contributed by atoms with E-state index in [2.05, 4.69) is 10.6 Å². The summed E-state index contributed by atoms with van der Waals surface area (Å²) in [6, 6.07) is 4.86. The highest BCUT2D eigenvalue weighted by molar-refractivity contribution is 7.88. The minimum Gasteiger partial charge on any atom is -0.258 e. The first-order valence-electron chi connectivity index (χ1n) is 6.07. The zero-order valence-electron chi connectivity index (χ0n) is 11.1. The van der Waals surface area contributed by atoms with E-state index in [4.69, 9.17) is 6.42 Å². The summed E-state index contributed by atoms with van der Waals surface area (Å²) in [7, 11) is -3.56. The first kappa shape index (κ1) is 16.1. The van der Waals surface area contributed by atoms with Crippen LogP contribution in [0.2, 0.25) is 0 Å². The van der Waals surface area contributed by atoms with Gasteiger partial charge in [-0.1, -0.05) is 31.4 Å². The number of sulfonamides is 1. The third kappa shape index (κ3) is 4.99. The van der Waals surface area contributed by atoms with Crippen molar-refractivity contribution >= 4 is 15.7 Å². The first-order valence-corrected chi connectivity index (χ1v) is 7.72. The van der Waals surface area contributed by atoms with Crippen molar-refractivity contribution < 1.29 is 13.3 Å². The summed E-state index contributed by atoms with van der Waals surface area (Å²) in [6.07, 6.45) is 6.60. The molecule has 1 rings (SSSR count). The molecule has 0 aliphatic carbocycles. The molecule has 0 amide bonds. The lowest BCUT2D eigenvalue weighted by molar-refractivity contribution is -0.384. The summed E-state index contributed by atoms with van der Waals surface area (Å²) in [5.41, 5.74) is 0.391. The van der Waals surface area contributed by atoms with E-state index in [0.29, 0.717) is 12.0 Å². The van der Waals surface area contributed by atoms with Gasteiger partial charge in [-0.3, -0.25) is 10.1 Å². The number of nitrogens with zero attached hydrogens (tertiary/aromatic N) is 1. The summed E-state index contributed by atoms with van der Waals surface area (Å²) >= 11 is 0. The Hall–Kier alpha value is -1.91. The van der Waals surface area contributed by atoms with Crippen LogP contribution < -0.4 is 4.72 Å². The molecular weight excluding hydrogens is 280 g/mol. The maximum Gasteiger partial charge on any atom is 0.269 e. The Kier molecular flexibility index (Phi) is 5.67. The van der Waals surface area contributed by atoms with Gasteiger partial charge in [-0.15, -0.1) is 6.42 Å². The molecule has 20 heavy (non-hydrogen) atoms. The number of nitro groups is 1. The van der Waals surface area contributed by atoms with Crippen molar-refractivity contribution in [3.8, 4) is 12.3 Å². The van der Waals surface area contributed by atoms with Crippen molar-refractivity contribution in [2.45, 2.75) is 31.6 Å². The molecule has 0 radical (unpaired) electrons. The second kappa shape index (κ2) is 7.03. The SMILES string of the molecule is C#CC(CCC)NS(=O)(=O)Cc1ccc([N+](=O)[O-])cc1. The molecular formula is C13H16N2O4S. The van der Waals surface area contributed by atoms with Gasteiger partial charge < -0.3 is 0 Å². The van der Waals surface area contributed by atoms with Crippen molar-refractivity contribution in [2.75, 3.05) is 0 Å². The normalized spacial score (nSPS) is 12.6. The lowest BCUT2D eigenvalue weighted by Crippen LogP contribution is -2.34. The van der Waals surface area contributed by atoms with Gasteiger partial charge >= 0.3 is 0 Å². The molecule has 0 aliphatic rings. The largest absolute Gasteiger partial charge is 0.269 e. The number of hydrogen-bond donors (Lipinski definition) is 1. The first-order chi connectivity index (χ1) is 9.38. The highest BCUT2D eigenvalue weighted by Crippen LogP contribution is 2.14. The highest BCUT2D eigenvalue weighted by Gasteiger charge is 2.16. The van der Waals surface area contributed by atoms with Gasteiger partial charge in [-0.25, -0.2) is 13.1 Å². The predicted octanol–water partition coefficient (Wildman–Crippen LogP) is 1.82. The number of hydrogen-bond acceptors (Lipinski definition) is 4. The van der Waals surface area contributed by atoms with Crippen LogP contribution in [0, 0.1) is 22.5 Å². The van der Waals surface area contributed by atoms with Gasteiger partial charge in [-0.2, -0.15) is 0 Å². The topological polar surface area (TPSA) is 89.3 Å². The summed E-state index contributed by atoms with van der Waals surface area (Å²) in [5.74, 6) is 2.13. The highest BCUT2D eigenvalue weighted by atomic mass is 32.2. The van der Waals surface area contributed by atoms with Crippen LogP contribution in [-0.4, -0.2) is 19.4 Å². The number of nitro benzene ring substituents is 1. The van der Waals surface area contributed by atoms with Crippen molar-refractivity contribution in [3.05, 3.63) is 39.9 Å². The lowest BCUT2D eigenvalue weighted by Gasteiger charge is -2.12. The van der Waals surface area contributed by atoms with E-state index in [1.165, 1.54) is 24.3 Å². The van der Waals surface area contributed by atoms with Crippen molar-refractivity contribution in [1.29, 1.82) is 0 Å². The Morgan fingerprint density at radius 2 is 2.00 bits per heavy atom. The fourth-order valence-corrected chi connectivity index (χ4v) is 2.99. The summed E-state index contributed by atoms with van der Waals surface area (Å²) < 4.78 is 26.3. The maximum atomic E-state index is 11.9. The van der Waals surface area contributed by atoms with Crippen molar-refractivity contribution in [1.82, 2.24) is 4.72 Å². The fourth-order valence-electron chi connectivity index (χ4n) is 1.66. The Morgan fingerprint density at radius 1 is 1.40 bits per heavy atom. The van der Waals surface area contributed by atoms with E-state index in [9.17, 15) is 18.5 Å². The van der Waals surface area contributed by atoms with Crippen LogP contribution in [0.3, 0.4) is 0 Å². The molecule has 108 valence electrons. The quantitative estimate of drug-likeness (QED) is 0.472. The second-order valence-corrected chi connectivity index (χ2v) is 6.06. The molecule has 1 atom stereocenters. The molecule has 0 fully saturated rings. The van der Waals surface area contributed by atoms with E-state index in [-0.39, 0.29) is 11.4 Å². The van der Waals surface area contributed by atoms with E-state index in [1.807, 2.05) is 6.92 Å². The molecule has 0 aliphatic heterocycles. The van der Waals surface area contributed by atoms with Gasteiger partial charge in [0, 0.05) is 12.1 Å². The lowest BCUT2D eigenvalue weighted by atomic mass is 10.2. The van der Waals surface area contributed by atoms with Gasteiger partial charge in [0.15, 0.2) is 0 Å². The van der Waals surface area contributed by atoms with Gasteiger partial charge in [0.25, 0.3) is 5.69 Å². The average molecular weight is 296 g/mol. The Bertz CT molecular complexity index is 602. The Balaban J connectivity index is 2.76. The number of nitrogens with one attached hydrogen (secondary N) is 1. The summed E-state index contributed by atoms with van der Waals surface area (Å²) in [4.78, 5) is 9.97. The zero-order valence-corrected chi connectivity index (χ0v) is 11.9. The molecule has 0 heterocycles. The molecule has 7 heteroatoms. The molecule has 0 saturated heterocycles. The van der Waals surface area contributed by atoms with Gasteiger partial charge in [0.05, 0.1) is 16.7 Å². The van der Waals surface area contributed by atoms with Crippen LogP contribution in [0.5, 0.6) is 0 Å². The third-order valence-corrected chi connectivity index (χ3v) is 3.96. The molecule has 1 aromatic carbocycles. The molecule has 1 aromatic rings. The number of rotatable bonds is 7.